The summed E-state index contributed by atoms with van der Waals surface area (Å²) in [5, 5.41) is 0. The smallest absolute Gasteiger partial charge is 0.228 e. The van der Waals surface area contributed by atoms with Gasteiger partial charge in [0.1, 0.15) is 5.75 Å². The van der Waals surface area contributed by atoms with Crippen LogP contribution in [0.4, 0.5) is 5.69 Å². The summed E-state index contributed by atoms with van der Waals surface area (Å²) in [5.74, 6) is -0.111. The van der Waals surface area contributed by atoms with E-state index in [9.17, 15) is 19.2 Å². The maximum absolute atomic E-state index is 13.1. The van der Waals surface area contributed by atoms with Crippen LogP contribution in [-0.4, -0.2) is 73.3 Å². The Bertz CT molecular complexity index is 902. The molecule has 1 aromatic rings. The molecule has 3 aliphatic rings. The number of methoxy groups -OCH3 is 1. The number of primary amides is 1. The zero-order valence-electron chi connectivity index (χ0n) is 19.1. The first-order valence-corrected chi connectivity index (χ1v) is 11.7. The van der Waals surface area contributed by atoms with Gasteiger partial charge in [0.2, 0.25) is 23.6 Å². The molecule has 3 aliphatic heterocycles. The Hall–Kier alpha value is -3.10. The van der Waals surface area contributed by atoms with E-state index in [4.69, 9.17) is 10.5 Å². The molecule has 3 heterocycles. The summed E-state index contributed by atoms with van der Waals surface area (Å²) in [4.78, 5) is 55.2. The molecule has 4 amide bonds. The second-order valence-electron chi connectivity index (χ2n) is 9.20. The third-order valence-corrected chi connectivity index (χ3v) is 7.22. The van der Waals surface area contributed by atoms with Crippen molar-refractivity contribution in [3.63, 3.8) is 0 Å². The van der Waals surface area contributed by atoms with E-state index in [-0.39, 0.29) is 47.8 Å². The highest BCUT2D eigenvalue weighted by atomic mass is 16.5. The first-order chi connectivity index (χ1) is 15.9. The molecule has 1 aromatic carbocycles. The van der Waals surface area contributed by atoms with E-state index in [1.54, 1.807) is 29.0 Å². The summed E-state index contributed by atoms with van der Waals surface area (Å²) < 4.78 is 5.17. The van der Waals surface area contributed by atoms with Gasteiger partial charge in [0.15, 0.2) is 0 Å². The Kier molecular flexibility index (Phi) is 6.85. The highest BCUT2D eigenvalue weighted by Gasteiger charge is 2.39. The zero-order chi connectivity index (χ0) is 23.5. The van der Waals surface area contributed by atoms with E-state index < -0.39 is 0 Å². The highest BCUT2D eigenvalue weighted by molar-refractivity contribution is 6.00. The quantitative estimate of drug-likeness (QED) is 0.711. The first kappa shape index (κ1) is 23.1. The van der Waals surface area contributed by atoms with Crippen molar-refractivity contribution in [3.05, 3.63) is 24.3 Å². The SMILES string of the molecule is COc1ccc(N2C[C@H](C(=O)N3CCC(C(=O)N4CCC(C(N)=O)CC4)CC3)CC2=O)cc1. The molecule has 33 heavy (non-hydrogen) atoms. The van der Waals surface area contributed by atoms with Gasteiger partial charge in [0.05, 0.1) is 13.0 Å². The van der Waals surface area contributed by atoms with Crippen LogP contribution in [0.3, 0.4) is 0 Å². The van der Waals surface area contributed by atoms with E-state index in [0.29, 0.717) is 64.2 Å². The second kappa shape index (κ2) is 9.80. The lowest BCUT2D eigenvalue weighted by molar-refractivity contribution is -0.143. The van der Waals surface area contributed by atoms with Crippen molar-refractivity contribution in [2.45, 2.75) is 32.1 Å². The number of amides is 4. The maximum Gasteiger partial charge on any atom is 0.228 e. The zero-order valence-corrected chi connectivity index (χ0v) is 19.1. The van der Waals surface area contributed by atoms with Crippen LogP contribution in [0.25, 0.3) is 0 Å². The molecule has 0 radical (unpaired) electrons. The minimum atomic E-state index is -0.361. The Labute approximate surface area is 193 Å². The van der Waals surface area contributed by atoms with Gasteiger partial charge in [-0.3, -0.25) is 19.2 Å². The first-order valence-electron chi connectivity index (χ1n) is 11.7. The van der Waals surface area contributed by atoms with E-state index in [1.165, 1.54) is 0 Å². The van der Waals surface area contributed by atoms with Crippen molar-refractivity contribution in [1.29, 1.82) is 0 Å². The molecular formula is C24H32N4O5. The molecule has 0 saturated carbocycles. The molecule has 1 atom stereocenters. The molecular weight excluding hydrogens is 424 g/mol. The van der Waals surface area contributed by atoms with Crippen LogP contribution in [0.5, 0.6) is 5.75 Å². The summed E-state index contributed by atoms with van der Waals surface area (Å²) >= 11 is 0. The standard InChI is InChI=1S/C24H32N4O5/c1-33-20-4-2-19(3-5-20)28-15-18(14-21(28)29)24(32)27-12-8-17(9-13-27)23(31)26-10-6-16(7-11-26)22(25)30/h2-5,16-18H,6-15H2,1H3,(H2,25,30)/t18-/m1/s1. The van der Waals surface area contributed by atoms with Gasteiger partial charge in [-0.1, -0.05) is 0 Å². The van der Waals surface area contributed by atoms with Gasteiger partial charge >= 0.3 is 0 Å². The molecule has 0 aliphatic carbocycles. The fourth-order valence-corrected chi connectivity index (χ4v) is 5.13. The van der Waals surface area contributed by atoms with Crippen LogP contribution in [0.1, 0.15) is 32.1 Å². The van der Waals surface area contributed by atoms with Crippen molar-refractivity contribution in [2.75, 3.05) is 44.7 Å². The Morgan fingerprint density at radius 1 is 0.848 bits per heavy atom. The fraction of sp³-hybridized carbons (Fsp3) is 0.583. The number of benzene rings is 1. The lowest BCUT2D eigenvalue weighted by Crippen LogP contribution is -2.48. The monoisotopic (exact) mass is 456 g/mol. The minimum absolute atomic E-state index is 0.00691. The van der Waals surface area contributed by atoms with Crippen molar-refractivity contribution in [1.82, 2.24) is 9.80 Å². The molecule has 3 fully saturated rings. The van der Waals surface area contributed by atoms with Crippen LogP contribution >= 0.6 is 0 Å². The predicted octanol–water partition coefficient (Wildman–Crippen LogP) is 1.01. The van der Waals surface area contributed by atoms with E-state index >= 15 is 0 Å². The normalized spacial score (nSPS) is 22.5. The average Bonchev–Trinajstić information content (AvgIpc) is 3.24. The molecule has 0 aromatic heterocycles. The van der Waals surface area contributed by atoms with Crippen LogP contribution < -0.4 is 15.4 Å². The van der Waals surface area contributed by atoms with Gasteiger partial charge in [-0.2, -0.15) is 0 Å². The second-order valence-corrected chi connectivity index (χ2v) is 9.20. The van der Waals surface area contributed by atoms with Crippen LogP contribution in [0.2, 0.25) is 0 Å². The van der Waals surface area contributed by atoms with E-state index in [1.807, 2.05) is 17.0 Å². The molecule has 0 unspecified atom stereocenters. The van der Waals surface area contributed by atoms with Gasteiger partial charge in [0, 0.05) is 56.7 Å². The molecule has 4 rings (SSSR count). The maximum atomic E-state index is 13.1. The number of nitrogens with two attached hydrogens (primary N) is 1. The van der Waals surface area contributed by atoms with E-state index in [0.717, 1.165) is 5.69 Å². The third-order valence-electron chi connectivity index (χ3n) is 7.22. The van der Waals surface area contributed by atoms with Gasteiger partial charge in [-0.05, 0) is 49.9 Å². The van der Waals surface area contributed by atoms with Crippen molar-refractivity contribution in [3.8, 4) is 5.75 Å². The highest BCUT2D eigenvalue weighted by Crippen LogP contribution is 2.30. The number of hydrogen-bond acceptors (Lipinski definition) is 5. The third kappa shape index (κ3) is 4.96. The largest absolute Gasteiger partial charge is 0.497 e. The van der Waals surface area contributed by atoms with Crippen LogP contribution in [0, 0.1) is 17.8 Å². The predicted molar refractivity (Wildman–Crippen MR) is 121 cm³/mol. The Morgan fingerprint density at radius 3 is 1.88 bits per heavy atom. The number of hydrogen-bond donors (Lipinski definition) is 1. The number of nitrogens with zero attached hydrogens (tertiary/aromatic N) is 3. The van der Waals surface area contributed by atoms with Crippen molar-refractivity contribution < 1.29 is 23.9 Å². The number of piperidine rings is 2. The fourth-order valence-electron chi connectivity index (χ4n) is 5.13. The average molecular weight is 457 g/mol. The molecule has 9 heteroatoms. The van der Waals surface area contributed by atoms with Gasteiger partial charge in [0.25, 0.3) is 0 Å². The summed E-state index contributed by atoms with van der Waals surface area (Å²) in [6.45, 7) is 2.56. The van der Waals surface area contributed by atoms with E-state index in [2.05, 4.69) is 0 Å². The Morgan fingerprint density at radius 2 is 1.36 bits per heavy atom. The molecule has 9 nitrogen and oxygen atoms in total. The van der Waals surface area contributed by atoms with Crippen LogP contribution in [-0.2, 0) is 19.2 Å². The van der Waals surface area contributed by atoms with Crippen molar-refractivity contribution in [2.24, 2.45) is 23.5 Å². The summed E-state index contributed by atoms with van der Waals surface area (Å²) in [7, 11) is 1.59. The topological polar surface area (TPSA) is 113 Å². The number of likely N-dealkylation sites (tertiary alicyclic amines) is 2. The molecule has 0 spiro atoms. The molecule has 0 bridgehead atoms. The number of anilines is 1. The van der Waals surface area contributed by atoms with Crippen LogP contribution in [0.15, 0.2) is 24.3 Å². The minimum Gasteiger partial charge on any atom is -0.497 e. The van der Waals surface area contributed by atoms with Gasteiger partial charge < -0.3 is 25.2 Å². The summed E-state index contributed by atoms with van der Waals surface area (Å²) in [5.41, 5.74) is 6.14. The Balaban J connectivity index is 1.27. The number of carbonyl (C=O) groups is 4. The van der Waals surface area contributed by atoms with Gasteiger partial charge in [-0.15, -0.1) is 0 Å². The summed E-state index contributed by atoms with van der Waals surface area (Å²) in [6.07, 6.45) is 2.71. The lowest BCUT2D eigenvalue weighted by Gasteiger charge is -2.37. The molecule has 3 saturated heterocycles. The van der Waals surface area contributed by atoms with Gasteiger partial charge in [-0.25, -0.2) is 0 Å². The number of ether oxygens (including phenoxy) is 1. The lowest BCUT2D eigenvalue weighted by atomic mass is 9.91. The molecule has 178 valence electrons. The number of rotatable bonds is 5. The molecule has 2 N–H and O–H groups in total. The van der Waals surface area contributed by atoms with Crippen molar-refractivity contribution >= 4 is 29.3 Å². The number of carbonyl (C=O) groups excluding carboxylic acids is 4. The summed E-state index contributed by atoms with van der Waals surface area (Å²) in [6, 6.07) is 7.26.